The molecule has 1 aliphatic carbocycles. The molecule has 1 aliphatic heterocycles. The lowest BCUT2D eigenvalue weighted by molar-refractivity contribution is -0.146. The fourth-order valence-electron chi connectivity index (χ4n) is 3.89. The van der Waals surface area contributed by atoms with E-state index in [1.165, 1.54) is 6.07 Å². The minimum absolute atomic E-state index is 0.00539. The van der Waals surface area contributed by atoms with Crippen LogP contribution in [0.3, 0.4) is 0 Å². The van der Waals surface area contributed by atoms with Crippen LogP contribution in [0.25, 0.3) is 11.1 Å². The molecule has 1 saturated heterocycles. The average Bonchev–Trinajstić information content (AvgIpc) is 2.69. The summed E-state index contributed by atoms with van der Waals surface area (Å²) in [7, 11) is 0. The predicted molar refractivity (Wildman–Crippen MR) is 106 cm³/mol. The lowest BCUT2D eigenvalue weighted by atomic mass is 9.77. The Labute approximate surface area is 169 Å². The summed E-state index contributed by atoms with van der Waals surface area (Å²) >= 11 is 0. The van der Waals surface area contributed by atoms with Gasteiger partial charge >= 0.3 is 5.97 Å². The fraction of sp³-hybridized carbons (Fsp3) is 0.435. The predicted octanol–water partition coefficient (Wildman–Crippen LogP) is 4.40. The number of hydrogen-bond donors (Lipinski definition) is 1. The minimum Gasteiger partial charge on any atom is -0.488 e. The molecule has 1 unspecified atom stereocenters. The van der Waals surface area contributed by atoms with Crippen molar-refractivity contribution in [1.82, 2.24) is 0 Å². The van der Waals surface area contributed by atoms with Crippen molar-refractivity contribution < 1.29 is 28.5 Å². The number of halogens is 1. The highest BCUT2D eigenvalue weighted by Gasteiger charge is 2.31. The van der Waals surface area contributed by atoms with Gasteiger partial charge in [0.25, 0.3) is 0 Å². The van der Waals surface area contributed by atoms with Crippen molar-refractivity contribution in [2.24, 2.45) is 0 Å². The lowest BCUT2D eigenvalue weighted by Gasteiger charge is -2.35. The van der Waals surface area contributed by atoms with Gasteiger partial charge in [-0.3, -0.25) is 0 Å². The SMILES string of the molecule is O=C(O)COC1CC(c2ccc(-c3cc(OC4CCCOC4)ccc3F)cc2)C1. The standard InChI is InChI=1S/C23H25FO5/c24-22-8-7-18(29-19-2-1-9-27-13-19)12-21(22)16-5-3-15(4-6-16)17-10-20(11-17)28-14-23(25)26/h3-8,12,17,19-20H,1-2,9-11,13-14H2,(H,25,26). The molecule has 29 heavy (non-hydrogen) atoms. The van der Waals surface area contributed by atoms with E-state index in [0.717, 1.165) is 43.4 Å². The Hall–Kier alpha value is -2.44. The zero-order valence-electron chi connectivity index (χ0n) is 16.2. The van der Waals surface area contributed by atoms with Crippen molar-refractivity contribution >= 4 is 5.97 Å². The van der Waals surface area contributed by atoms with Crippen molar-refractivity contribution in [1.29, 1.82) is 0 Å². The number of benzene rings is 2. The molecule has 1 N–H and O–H groups in total. The van der Waals surface area contributed by atoms with Crippen LogP contribution in [0.15, 0.2) is 42.5 Å². The molecule has 0 bridgehead atoms. The van der Waals surface area contributed by atoms with E-state index in [-0.39, 0.29) is 24.6 Å². The molecule has 6 heteroatoms. The summed E-state index contributed by atoms with van der Waals surface area (Å²) in [5, 5.41) is 8.67. The second-order valence-corrected chi connectivity index (χ2v) is 7.72. The smallest absolute Gasteiger partial charge is 0.329 e. The van der Waals surface area contributed by atoms with Crippen molar-refractivity contribution in [3.63, 3.8) is 0 Å². The molecule has 2 aromatic carbocycles. The summed E-state index contributed by atoms with van der Waals surface area (Å²) in [4.78, 5) is 10.6. The third kappa shape index (κ3) is 4.95. The van der Waals surface area contributed by atoms with Crippen LogP contribution in [-0.4, -0.2) is 43.1 Å². The van der Waals surface area contributed by atoms with Gasteiger partial charge in [0.1, 0.15) is 24.3 Å². The molecule has 1 atom stereocenters. The quantitative estimate of drug-likeness (QED) is 0.746. The van der Waals surface area contributed by atoms with Gasteiger partial charge in [0.15, 0.2) is 0 Å². The number of rotatable bonds is 7. The molecular weight excluding hydrogens is 375 g/mol. The van der Waals surface area contributed by atoms with Crippen molar-refractivity contribution in [2.45, 2.75) is 43.8 Å². The highest BCUT2D eigenvalue weighted by molar-refractivity contribution is 5.68. The van der Waals surface area contributed by atoms with Gasteiger partial charge in [-0.1, -0.05) is 24.3 Å². The van der Waals surface area contributed by atoms with Crippen LogP contribution in [0.2, 0.25) is 0 Å². The maximum absolute atomic E-state index is 14.4. The summed E-state index contributed by atoms with van der Waals surface area (Å²) in [6, 6.07) is 12.7. The summed E-state index contributed by atoms with van der Waals surface area (Å²) in [6.07, 6.45) is 3.57. The summed E-state index contributed by atoms with van der Waals surface area (Å²) < 4.78 is 31.1. The number of ether oxygens (including phenoxy) is 3. The van der Waals surface area contributed by atoms with Gasteiger partial charge in [-0.05, 0) is 60.9 Å². The molecule has 0 amide bonds. The maximum Gasteiger partial charge on any atom is 0.329 e. The van der Waals surface area contributed by atoms with Crippen LogP contribution >= 0.6 is 0 Å². The molecule has 1 saturated carbocycles. The van der Waals surface area contributed by atoms with Gasteiger partial charge < -0.3 is 19.3 Å². The normalized spacial score (nSPS) is 24.0. The van der Waals surface area contributed by atoms with Crippen LogP contribution in [0.1, 0.15) is 37.2 Å². The molecule has 4 rings (SSSR count). The van der Waals surface area contributed by atoms with Crippen LogP contribution < -0.4 is 4.74 Å². The summed E-state index contributed by atoms with van der Waals surface area (Å²) in [5.74, 6) is -0.218. The van der Waals surface area contributed by atoms with E-state index < -0.39 is 5.97 Å². The van der Waals surface area contributed by atoms with E-state index in [1.807, 2.05) is 24.3 Å². The minimum atomic E-state index is -0.943. The average molecular weight is 400 g/mol. The van der Waals surface area contributed by atoms with Gasteiger partial charge in [0.2, 0.25) is 0 Å². The van der Waals surface area contributed by atoms with Crippen LogP contribution in [0, 0.1) is 5.82 Å². The van der Waals surface area contributed by atoms with Crippen molar-refractivity contribution in [3.05, 3.63) is 53.8 Å². The number of carboxylic acid groups (broad SMARTS) is 1. The molecule has 154 valence electrons. The number of carboxylic acids is 1. The lowest BCUT2D eigenvalue weighted by Crippen LogP contribution is -2.31. The first-order valence-electron chi connectivity index (χ1n) is 10.1. The van der Waals surface area contributed by atoms with Crippen LogP contribution in [0.4, 0.5) is 4.39 Å². The molecule has 1 heterocycles. The second kappa shape index (κ2) is 8.93. The molecule has 2 aliphatic rings. The molecule has 2 fully saturated rings. The molecule has 0 aromatic heterocycles. The number of aliphatic carboxylic acids is 1. The first-order chi connectivity index (χ1) is 14.1. The Morgan fingerprint density at radius 2 is 1.93 bits per heavy atom. The number of carbonyl (C=O) groups is 1. The van der Waals surface area contributed by atoms with Gasteiger partial charge in [0.05, 0.1) is 12.7 Å². The van der Waals surface area contributed by atoms with Crippen LogP contribution in [0.5, 0.6) is 5.75 Å². The molecule has 0 spiro atoms. The van der Waals surface area contributed by atoms with Crippen molar-refractivity contribution in [2.75, 3.05) is 19.8 Å². The summed E-state index contributed by atoms with van der Waals surface area (Å²) in [5.41, 5.74) is 2.48. The Morgan fingerprint density at radius 3 is 2.62 bits per heavy atom. The fourth-order valence-corrected chi connectivity index (χ4v) is 3.89. The Balaban J connectivity index is 1.39. The van der Waals surface area contributed by atoms with E-state index in [9.17, 15) is 9.18 Å². The molecule has 5 nitrogen and oxygen atoms in total. The van der Waals surface area contributed by atoms with Gasteiger partial charge in [0, 0.05) is 12.2 Å². The van der Waals surface area contributed by atoms with E-state index in [0.29, 0.717) is 23.8 Å². The molecular formula is C23H25FO5. The van der Waals surface area contributed by atoms with Crippen LogP contribution in [-0.2, 0) is 14.3 Å². The third-order valence-electron chi connectivity index (χ3n) is 5.59. The molecule has 0 radical (unpaired) electrons. The first-order valence-corrected chi connectivity index (χ1v) is 10.1. The zero-order valence-corrected chi connectivity index (χ0v) is 16.2. The van der Waals surface area contributed by atoms with Gasteiger partial charge in [-0.25, -0.2) is 9.18 Å². The van der Waals surface area contributed by atoms with Gasteiger partial charge in [-0.2, -0.15) is 0 Å². The zero-order chi connectivity index (χ0) is 20.2. The first kappa shape index (κ1) is 19.9. The third-order valence-corrected chi connectivity index (χ3v) is 5.59. The van der Waals surface area contributed by atoms with Gasteiger partial charge in [-0.15, -0.1) is 0 Å². The largest absolute Gasteiger partial charge is 0.488 e. The second-order valence-electron chi connectivity index (χ2n) is 7.72. The highest BCUT2D eigenvalue weighted by Crippen LogP contribution is 2.39. The topological polar surface area (TPSA) is 65.0 Å². The van der Waals surface area contributed by atoms with E-state index in [2.05, 4.69) is 0 Å². The Kier molecular flexibility index (Phi) is 6.11. The van der Waals surface area contributed by atoms with E-state index in [4.69, 9.17) is 19.3 Å². The Bertz CT molecular complexity index is 839. The van der Waals surface area contributed by atoms with E-state index in [1.54, 1.807) is 12.1 Å². The van der Waals surface area contributed by atoms with E-state index >= 15 is 0 Å². The monoisotopic (exact) mass is 400 g/mol. The Morgan fingerprint density at radius 1 is 1.14 bits per heavy atom. The summed E-state index contributed by atoms with van der Waals surface area (Å²) in [6.45, 7) is 1.09. The maximum atomic E-state index is 14.4. The molecule has 2 aromatic rings. The highest BCUT2D eigenvalue weighted by atomic mass is 19.1. The number of hydrogen-bond acceptors (Lipinski definition) is 4. The van der Waals surface area contributed by atoms with Crippen molar-refractivity contribution in [3.8, 4) is 16.9 Å².